The van der Waals surface area contributed by atoms with Crippen LogP contribution in [-0.4, -0.2) is 38.2 Å². The minimum absolute atomic E-state index is 0.0833. The van der Waals surface area contributed by atoms with Crippen molar-refractivity contribution in [1.82, 2.24) is 5.43 Å². The molecule has 2 aromatic rings. The van der Waals surface area contributed by atoms with E-state index in [2.05, 4.69) is 10.5 Å². The molecule has 1 fully saturated rings. The molecule has 3 rings (SSSR count). The van der Waals surface area contributed by atoms with E-state index in [-0.39, 0.29) is 12.3 Å². The molecule has 2 aromatic carbocycles. The highest BCUT2D eigenvalue weighted by Gasteiger charge is 2.33. The topological polar surface area (TPSA) is 78.4 Å². The highest BCUT2D eigenvalue weighted by molar-refractivity contribution is 5.83. The van der Waals surface area contributed by atoms with Crippen LogP contribution in [0.2, 0.25) is 0 Å². The first-order valence-electron chi connectivity index (χ1n) is 9.02. The summed E-state index contributed by atoms with van der Waals surface area (Å²) in [6.45, 7) is 3.17. The molecule has 7 heteroatoms. The number of rotatable bonds is 8. The summed E-state index contributed by atoms with van der Waals surface area (Å²) in [4.78, 5) is 12.0. The maximum atomic E-state index is 12.0. The molecular weight excluding hydrogens is 360 g/mol. The number of hydrogen-bond acceptors (Lipinski definition) is 6. The van der Waals surface area contributed by atoms with Crippen LogP contribution in [0.15, 0.2) is 53.6 Å². The number of carbonyl (C=O) groups is 1. The number of hydrazone groups is 1. The number of amides is 1. The summed E-state index contributed by atoms with van der Waals surface area (Å²) in [5, 5.41) is 3.98. The first-order valence-corrected chi connectivity index (χ1v) is 9.02. The molecule has 0 saturated carbocycles. The van der Waals surface area contributed by atoms with Gasteiger partial charge in [-0.25, -0.2) is 5.43 Å². The fourth-order valence-electron chi connectivity index (χ4n) is 2.79. The van der Waals surface area contributed by atoms with Crippen molar-refractivity contribution >= 4 is 12.1 Å². The summed E-state index contributed by atoms with van der Waals surface area (Å²) in [5.41, 5.74) is 4.32. The normalized spacial score (nSPS) is 15.5. The van der Waals surface area contributed by atoms with Gasteiger partial charge in [0.2, 0.25) is 5.91 Å². The van der Waals surface area contributed by atoms with Crippen LogP contribution in [-0.2, 0) is 20.9 Å². The lowest BCUT2D eigenvalue weighted by Crippen LogP contribution is -2.33. The first kappa shape index (κ1) is 19.9. The Morgan fingerprint density at radius 3 is 2.64 bits per heavy atom. The second-order valence-electron chi connectivity index (χ2n) is 6.49. The van der Waals surface area contributed by atoms with E-state index in [9.17, 15) is 4.79 Å². The van der Waals surface area contributed by atoms with E-state index in [1.165, 1.54) is 0 Å². The van der Waals surface area contributed by atoms with Crippen LogP contribution in [0.5, 0.6) is 11.5 Å². The second-order valence-corrected chi connectivity index (χ2v) is 6.49. The van der Waals surface area contributed by atoms with Gasteiger partial charge in [-0.05, 0) is 36.2 Å². The number of carbonyl (C=O) groups excluding carboxylic acids is 1. The van der Waals surface area contributed by atoms with Crippen molar-refractivity contribution < 1.29 is 23.7 Å². The molecule has 0 unspecified atom stereocenters. The zero-order valence-electron chi connectivity index (χ0n) is 16.0. The minimum Gasteiger partial charge on any atom is -0.493 e. The van der Waals surface area contributed by atoms with Crippen molar-refractivity contribution in [3.05, 3.63) is 59.7 Å². The van der Waals surface area contributed by atoms with Crippen LogP contribution in [0.1, 0.15) is 24.5 Å². The summed E-state index contributed by atoms with van der Waals surface area (Å²) in [5.74, 6) is 0.0681. The largest absolute Gasteiger partial charge is 0.493 e. The summed E-state index contributed by atoms with van der Waals surface area (Å²) in [6.07, 6.45) is 1.63. The standard InChI is InChI=1S/C21H24N2O5/c1-21(27-10-11-28-21)13-20(24)23-22-14-17-8-9-18(19(12-17)25-2)26-15-16-6-4-3-5-7-16/h3-9,12,14H,10-11,13,15H2,1-2H3,(H,23,24)/b22-14+. The van der Waals surface area contributed by atoms with Gasteiger partial charge in [0.1, 0.15) is 6.61 Å². The average Bonchev–Trinajstić information content (AvgIpc) is 3.13. The van der Waals surface area contributed by atoms with Gasteiger partial charge in [-0.3, -0.25) is 4.79 Å². The van der Waals surface area contributed by atoms with Gasteiger partial charge in [0.25, 0.3) is 0 Å². The van der Waals surface area contributed by atoms with E-state index in [0.29, 0.717) is 31.3 Å². The average molecular weight is 384 g/mol. The highest BCUT2D eigenvalue weighted by atomic mass is 16.7. The molecule has 1 N–H and O–H groups in total. The molecule has 28 heavy (non-hydrogen) atoms. The Hall–Kier alpha value is -2.90. The van der Waals surface area contributed by atoms with Crippen LogP contribution in [0.3, 0.4) is 0 Å². The van der Waals surface area contributed by atoms with Gasteiger partial charge in [-0.1, -0.05) is 30.3 Å². The highest BCUT2D eigenvalue weighted by Crippen LogP contribution is 2.28. The van der Waals surface area contributed by atoms with Gasteiger partial charge < -0.3 is 18.9 Å². The predicted octanol–water partition coefficient (Wildman–Crippen LogP) is 2.88. The van der Waals surface area contributed by atoms with E-state index < -0.39 is 5.79 Å². The minimum atomic E-state index is -0.874. The second kappa shape index (κ2) is 9.34. The summed E-state index contributed by atoms with van der Waals surface area (Å²) in [7, 11) is 1.58. The van der Waals surface area contributed by atoms with E-state index in [1.807, 2.05) is 42.5 Å². The molecular formula is C21H24N2O5. The maximum Gasteiger partial charge on any atom is 0.245 e. The van der Waals surface area contributed by atoms with Crippen LogP contribution < -0.4 is 14.9 Å². The third-order valence-corrected chi connectivity index (χ3v) is 4.21. The molecule has 1 amide bonds. The lowest BCUT2D eigenvalue weighted by Gasteiger charge is -2.20. The predicted molar refractivity (Wildman–Crippen MR) is 104 cm³/mol. The van der Waals surface area contributed by atoms with Crippen LogP contribution in [0, 0.1) is 0 Å². The van der Waals surface area contributed by atoms with Crippen molar-refractivity contribution in [3.63, 3.8) is 0 Å². The number of hydrogen-bond donors (Lipinski definition) is 1. The zero-order chi connectivity index (χ0) is 19.8. The van der Waals surface area contributed by atoms with Gasteiger partial charge in [0, 0.05) is 0 Å². The lowest BCUT2D eigenvalue weighted by atomic mass is 10.2. The summed E-state index contributed by atoms with van der Waals surface area (Å²) >= 11 is 0. The van der Waals surface area contributed by atoms with Crippen molar-refractivity contribution in [3.8, 4) is 11.5 Å². The maximum absolute atomic E-state index is 12.0. The Kier molecular flexibility index (Phi) is 6.62. The third kappa shape index (κ3) is 5.55. The lowest BCUT2D eigenvalue weighted by molar-refractivity contribution is -0.159. The molecule has 148 valence electrons. The Bertz CT molecular complexity index is 817. The fourth-order valence-corrected chi connectivity index (χ4v) is 2.79. The summed E-state index contributed by atoms with van der Waals surface area (Å²) < 4.78 is 22.0. The molecule has 1 saturated heterocycles. The molecule has 1 heterocycles. The van der Waals surface area contributed by atoms with Crippen LogP contribution in [0.25, 0.3) is 0 Å². The number of benzene rings is 2. The Balaban J connectivity index is 1.55. The van der Waals surface area contributed by atoms with E-state index in [1.54, 1.807) is 26.3 Å². The SMILES string of the molecule is COc1cc(/C=N/NC(=O)CC2(C)OCCO2)ccc1OCc1ccccc1. The quantitative estimate of drug-likeness (QED) is 0.559. The van der Waals surface area contributed by atoms with Crippen molar-refractivity contribution in [2.24, 2.45) is 5.10 Å². The first-order chi connectivity index (χ1) is 13.6. The molecule has 0 bridgehead atoms. The smallest absolute Gasteiger partial charge is 0.245 e. The third-order valence-electron chi connectivity index (χ3n) is 4.21. The molecule has 0 aromatic heterocycles. The fraction of sp³-hybridized carbons (Fsp3) is 0.333. The van der Waals surface area contributed by atoms with Gasteiger partial charge in [-0.15, -0.1) is 0 Å². The van der Waals surface area contributed by atoms with E-state index in [0.717, 1.165) is 11.1 Å². The van der Waals surface area contributed by atoms with Gasteiger partial charge >= 0.3 is 0 Å². The molecule has 7 nitrogen and oxygen atoms in total. The van der Waals surface area contributed by atoms with Gasteiger partial charge in [-0.2, -0.15) is 5.10 Å². The molecule has 0 aliphatic carbocycles. The molecule has 0 atom stereocenters. The van der Waals surface area contributed by atoms with Crippen LogP contribution in [0.4, 0.5) is 0 Å². The van der Waals surface area contributed by atoms with Crippen LogP contribution >= 0.6 is 0 Å². The molecule has 1 aliphatic heterocycles. The molecule has 1 aliphatic rings. The van der Waals surface area contributed by atoms with Crippen molar-refractivity contribution in [2.45, 2.75) is 25.7 Å². The van der Waals surface area contributed by atoms with E-state index in [4.69, 9.17) is 18.9 Å². The Labute approximate surface area is 164 Å². The number of nitrogens with zero attached hydrogens (tertiary/aromatic N) is 1. The van der Waals surface area contributed by atoms with E-state index >= 15 is 0 Å². The van der Waals surface area contributed by atoms with Crippen molar-refractivity contribution in [1.29, 1.82) is 0 Å². The molecule has 0 radical (unpaired) electrons. The Morgan fingerprint density at radius 1 is 1.18 bits per heavy atom. The van der Waals surface area contributed by atoms with Gasteiger partial charge in [0.15, 0.2) is 17.3 Å². The number of ether oxygens (including phenoxy) is 4. The van der Waals surface area contributed by atoms with Crippen molar-refractivity contribution in [2.75, 3.05) is 20.3 Å². The number of methoxy groups -OCH3 is 1. The zero-order valence-corrected chi connectivity index (χ0v) is 16.0. The molecule has 0 spiro atoms. The van der Waals surface area contributed by atoms with Gasteiger partial charge in [0.05, 0.1) is 33.0 Å². The monoisotopic (exact) mass is 384 g/mol. The Morgan fingerprint density at radius 2 is 1.93 bits per heavy atom. The summed E-state index contributed by atoms with van der Waals surface area (Å²) in [6, 6.07) is 15.3. The number of nitrogens with one attached hydrogen (secondary N) is 1.